The molecule has 2 aromatic rings. The van der Waals surface area contributed by atoms with Gasteiger partial charge in [-0.05, 0) is 13.8 Å². The third-order valence-corrected chi connectivity index (χ3v) is 1.74. The van der Waals surface area contributed by atoms with E-state index >= 15 is 0 Å². The Kier molecular flexibility index (Phi) is 1.27. The maximum absolute atomic E-state index is 5.55. The van der Waals surface area contributed by atoms with Crippen LogP contribution in [0.1, 0.15) is 11.5 Å². The molecule has 0 atom stereocenters. The minimum atomic E-state index is 0.735. The van der Waals surface area contributed by atoms with E-state index in [-0.39, 0.29) is 0 Å². The highest BCUT2D eigenvalue weighted by Crippen LogP contribution is 2.11. The molecule has 5 nitrogen and oxygen atoms in total. The second-order valence-corrected chi connectivity index (χ2v) is 2.68. The molecule has 5 heteroatoms. The fourth-order valence-electron chi connectivity index (χ4n) is 1.16. The normalized spacial score (nSPS) is 10.8. The van der Waals surface area contributed by atoms with Crippen molar-refractivity contribution in [3.8, 4) is 0 Å². The molecule has 0 bridgehead atoms. The van der Waals surface area contributed by atoms with E-state index in [0.717, 1.165) is 22.6 Å². The molecule has 0 aliphatic heterocycles. The average molecular weight is 163 g/mol. The van der Waals surface area contributed by atoms with E-state index in [1.54, 1.807) is 6.20 Å². The molecule has 0 aliphatic carbocycles. The van der Waals surface area contributed by atoms with Gasteiger partial charge in [0.15, 0.2) is 0 Å². The van der Waals surface area contributed by atoms with Crippen LogP contribution in [0.2, 0.25) is 0 Å². The molecule has 0 saturated carbocycles. The van der Waals surface area contributed by atoms with Crippen molar-refractivity contribution < 1.29 is 0 Å². The molecule has 0 fully saturated rings. The SMILES string of the molecule is Cc1ncc2c(n1)c(C)nn2N. The van der Waals surface area contributed by atoms with Crippen LogP contribution in [-0.2, 0) is 0 Å². The van der Waals surface area contributed by atoms with E-state index in [9.17, 15) is 0 Å². The van der Waals surface area contributed by atoms with E-state index in [0.29, 0.717) is 0 Å². The van der Waals surface area contributed by atoms with E-state index in [2.05, 4.69) is 15.1 Å². The minimum absolute atomic E-state index is 0.735. The van der Waals surface area contributed by atoms with Gasteiger partial charge in [-0.2, -0.15) is 9.89 Å². The number of nitrogens with zero attached hydrogens (tertiary/aromatic N) is 4. The van der Waals surface area contributed by atoms with Crippen LogP contribution in [-0.4, -0.2) is 19.9 Å². The lowest BCUT2D eigenvalue weighted by Crippen LogP contribution is -2.09. The lowest BCUT2D eigenvalue weighted by Gasteiger charge is -1.92. The van der Waals surface area contributed by atoms with Gasteiger partial charge in [0.25, 0.3) is 0 Å². The molecule has 0 saturated heterocycles. The van der Waals surface area contributed by atoms with E-state index in [4.69, 9.17) is 5.84 Å². The highest BCUT2D eigenvalue weighted by Gasteiger charge is 2.06. The highest BCUT2D eigenvalue weighted by atomic mass is 15.5. The standard InChI is InChI=1S/C7H9N5/c1-4-7-6(12(8)11-4)3-9-5(2)10-7/h3H,8H2,1-2H3. The number of aromatic nitrogens is 4. The first kappa shape index (κ1) is 7.02. The van der Waals surface area contributed by atoms with Crippen molar-refractivity contribution >= 4 is 11.0 Å². The molecular weight excluding hydrogens is 154 g/mol. The predicted octanol–water partition coefficient (Wildman–Crippen LogP) is 0.157. The zero-order valence-corrected chi connectivity index (χ0v) is 6.94. The first-order valence-corrected chi connectivity index (χ1v) is 3.62. The van der Waals surface area contributed by atoms with Gasteiger partial charge in [0.1, 0.15) is 16.9 Å². The van der Waals surface area contributed by atoms with Crippen LogP contribution in [0.4, 0.5) is 0 Å². The van der Waals surface area contributed by atoms with Gasteiger partial charge in [-0.3, -0.25) is 0 Å². The van der Waals surface area contributed by atoms with Crippen LogP contribution in [0.3, 0.4) is 0 Å². The number of rotatable bonds is 0. The molecule has 2 heterocycles. The molecule has 0 amide bonds. The summed E-state index contributed by atoms with van der Waals surface area (Å²) < 4.78 is 0. The second kappa shape index (κ2) is 2.17. The van der Waals surface area contributed by atoms with E-state index in [1.165, 1.54) is 4.79 Å². The quantitative estimate of drug-likeness (QED) is 0.561. The molecule has 0 radical (unpaired) electrons. The molecular formula is C7H9N5. The van der Waals surface area contributed by atoms with Crippen LogP contribution in [0.25, 0.3) is 11.0 Å². The Balaban J connectivity index is 2.90. The summed E-state index contributed by atoms with van der Waals surface area (Å²) in [4.78, 5) is 9.55. The molecule has 2 rings (SSSR count). The summed E-state index contributed by atoms with van der Waals surface area (Å²) in [5.74, 6) is 6.29. The Morgan fingerprint density at radius 1 is 1.42 bits per heavy atom. The van der Waals surface area contributed by atoms with Crippen LogP contribution in [0, 0.1) is 13.8 Å². The van der Waals surface area contributed by atoms with Crippen molar-refractivity contribution in [2.24, 2.45) is 0 Å². The van der Waals surface area contributed by atoms with Crippen LogP contribution in [0.15, 0.2) is 6.20 Å². The van der Waals surface area contributed by atoms with Crippen molar-refractivity contribution in [1.82, 2.24) is 19.9 Å². The Bertz CT molecular complexity index is 431. The van der Waals surface area contributed by atoms with Gasteiger partial charge in [-0.15, -0.1) is 0 Å². The summed E-state index contributed by atoms with van der Waals surface area (Å²) >= 11 is 0. The fraction of sp³-hybridized carbons (Fsp3) is 0.286. The van der Waals surface area contributed by atoms with Gasteiger partial charge in [-0.25, -0.2) is 9.97 Å². The summed E-state index contributed by atoms with van der Waals surface area (Å²) in [5.41, 5.74) is 2.42. The van der Waals surface area contributed by atoms with Gasteiger partial charge >= 0.3 is 0 Å². The fourth-order valence-corrected chi connectivity index (χ4v) is 1.16. The van der Waals surface area contributed by atoms with Crippen molar-refractivity contribution in [1.29, 1.82) is 0 Å². The second-order valence-electron chi connectivity index (χ2n) is 2.68. The molecule has 12 heavy (non-hydrogen) atoms. The number of aryl methyl sites for hydroxylation is 2. The van der Waals surface area contributed by atoms with Gasteiger partial charge in [0.05, 0.1) is 11.9 Å². The smallest absolute Gasteiger partial charge is 0.129 e. The first-order chi connectivity index (χ1) is 5.68. The van der Waals surface area contributed by atoms with Gasteiger partial charge in [0.2, 0.25) is 0 Å². The van der Waals surface area contributed by atoms with Gasteiger partial charge < -0.3 is 5.84 Å². The summed E-state index contributed by atoms with van der Waals surface area (Å²) in [6, 6.07) is 0. The zero-order chi connectivity index (χ0) is 8.72. The molecule has 0 unspecified atom stereocenters. The van der Waals surface area contributed by atoms with E-state index in [1.807, 2.05) is 13.8 Å². The molecule has 0 aromatic carbocycles. The Hall–Kier alpha value is -1.65. The van der Waals surface area contributed by atoms with Crippen LogP contribution in [0.5, 0.6) is 0 Å². The number of nitrogens with two attached hydrogens (primary N) is 1. The van der Waals surface area contributed by atoms with E-state index < -0.39 is 0 Å². The van der Waals surface area contributed by atoms with Crippen molar-refractivity contribution in [2.45, 2.75) is 13.8 Å². The third-order valence-electron chi connectivity index (χ3n) is 1.74. The molecule has 0 spiro atoms. The summed E-state index contributed by atoms with van der Waals surface area (Å²) in [6.45, 7) is 3.71. The van der Waals surface area contributed by atoms with Crippen LogP contribution < -0.4 is 5.84 Å². The summed E-state index contributed by atoms with van der Waals surface area (Å²) in [5, 5.41) is 4.02. The van der Waals surface area contributed by atoms with Crippen LogP contribution >= 0.6 is 0 Å². The Morgan fingerprint density at radius 3 is 2.92 bits per heavy atom. The molecule has 2 N–H and O–H groups in total. The van der Waals surface area contributed by atoms with Crippen molar-refractivity contribution in [3.63, 3.8) is 0 Å². The Morgan fingerprint density at radius 2 is 2.17 bits per heavy atom. The maximum atomic E-state index is 5.55. The number of hydrogen-bond acceptors (Lipinski definition) is 4. The molecule has 2 aromatic heterocycles. The van der Waals surface area contributed by atoms with Gasteiger partial charge in [0, 0.05) is 0 Å². The lowest BCUT2D eigenvalue weighted by atomic mass is 10.4. The Labute approximate surface area is 69.2 Å². The number of fused-ring (bicyclic) bond motifs is 1. The predicted molar refractivity (Wildman–Crippen MR) is 44.9 cm³/mol. The lowest BCUT2D eigenvalue weighted by molar-refractivity contribution is 0.842. The largest absolute Gasteiger partial charge is 0.323 e. The topological polar surface area (TPSA) is 69.6 Å². The highest BCUT2D eigenvalue weighted by molar-refractivity contribution is 5.76. The number of hydrogen-bond donors (Lipinski definition) is 1. The van der Waals surface area contributed by atoms with Gasteiger partial charge in [-0.1, -0.05) is 0 Å². The third kappa shape index (κ3) is 0.827. The summed E-state index contributed by atoms with van der Waals surface area (Å²) in [7, 11) is 0. The minimum Gasteiger partial charge on any atom is -0.323 e. The maximum Gasteiger partial charge on any atom is 0.129 e. The molecule has 0 aliphatic rings. The van der Waals surface area contributed by atoms with Crippen molar-refractivity contribution in [3.05, 3.63) is 17.7 Å². The first-order valence-electron chi connectivity index (χ1n) is 3.62. The summed E-state index contributed by atoms with van der Waals surface area (Å²) in [6.07, 6.45) is 1.68. The average Bonchev–Trinajstić information content (AvgIpc) is 2.28. The molecule has 62 valence electrons. The van der Waals surface area contributed by atoms with Crippen molar-refractivity contribution in [2.75, 3.05) is 5.84 Å². The monoisotopic (exact) mass is 163 g/mol. The number of nitrogen functional groups attached to an aromatic ring is 1. The zero-order valence-electron chi connectivity index (χ0n) is 6.94.